The molecule has 0 spiro atoms. The van der Waals surface area contributed by atoms with Crippen LogP contribution in [-0.2, 0) is 6.42 Å². The van der Waals surface area contributed by atoms with Crippen molar-refractivity contribution in [3.05, 3.63) is 32.2 Å². The van der Waals surface area contributed by atoms with Crippen LogP contribution in [0.3, 0.4) is 0 Å². The van der Waals surface area contributed by atoms with Crippen LogP contribution in [0.25, 0.3) is 10.1 Å². The second-order valence-electron chi connectivity index (χ2n) is 3.05. The molecule has 1 aromatic carbocycles. The summed E-state index contributed by atoms with van der Waals surface area (Å²) < 4.78 is 2.32. The summed E-state index contributed by atoms with van der Waals surface area (Å²) in [5.41, 5.74) is 2.16. The van der Waals surface area contributed by atoms with Crippen molar-refractivity contribution in [2.75, 3.05) is 0 Å². The summed E-state index contributed by atoms with van der Waals surface area (Å²) in [6, 6.07) is 8.61. The largest absolute Gasteiger partial charge is 0.192 e. The van der Waals surface area contributed by atoms with E-state index in [0.29, 0.717) is 0 Å². The molecule has 1 aromatic heterocycles. The van der Waals surface area contributed by atoms with Gasteiger partial charge in [0.2, 0.25) is 0 Å². The van der Waals surface area contributed by atoms with Gasteiger partial charge >= 0.3 is 0 Å². The summed E-state index contributed by atoms with van der Waals surface area (Å²) >= 11 is 3.93. The van der Waals surface area contributed by atoms with Crippen LogP contribution in [0.15, 0.2) is 18.2 Å². The van der Waals surface area contributed by atoms with Gasteiger partial charge in [0.1, 0.15) is 6.07 Å². The molecular weight excluding hydrogens is 305 g/mol. The van der Waals surface area contributed by atoms with E-state index in [0.717, 1.165) is 20.3 Å². The monoisotopic (exact) mass is 313 g/mol. The molecule has 0 radical (unpaired) electrons. The van der Waals surface area contributed by atoms with E-state index < -0.39 is 0 Å². The lowest BCUT2D eigenvalue weighted by Crippen LogP contribution is -1.78. The number of rotatable bonds is 1. The van der Waals surface area contributed by atoms with Crippen LogP contribution in [0.4, 0.5) is 0 Å². The molecule has 0 aliphatic carbocycles. The molecule has 70 valence electrons. The van der Waals surface area contributed by atoms with Crippen LogP contribution < -0.4 is 0 Å². The van der Waals surface area contributed by atoms with Gasteiger partial charge in [0.15, 0.2) is 0 Å². The fourth-order valence-electron chi connectivity index (χ4n) is 1.44. The second kappa shape index (κ2) is 3.87. The molecule has 3 heteroatoms. The summed E-state index contributed by atoms with van der Waals surface area (Å²) in [6.07, 6.45) is 1.05. The van der Waals surface area contributed by atoms with Gasteiger partial charge in [-0.15, -0.1) is 11.3 Å². The molecule has 0 amide bonds. The minimum Gasteiger partial charge on any atom is -0.192 e. The molecular formula is C11H8INS. The molecule has 0 saturated carbocycles. The third-order valence-electron chi connectivity index (χ3n) is 2.23. The Bertz CT molecular complexity index is 522. The van der Waals surface area contributed by atoms with Crippen molar-refractivity contribution in [2.24, 2.45) is 0 Å². The van der Waals surface area contributed by atoms with Crippen LogP contribution in [-0.4, -0.2) is 0 Å². The molecule has 2 rings (SSSR count). The maximum Gasteiger partial charge on any atom is 0.102 e. The van der Waals surface area contributed by atoms with E-state index >= 15 is 0 Å². The SMILES string of the molecule is CCc1ccc2c(C#N)c(I)sc2c1. The molecule has 0 aliphatic heterocycles. The van der Waals surface area contributed by atoms with Gasteiger partial charge in [-0.05, 0) is 40.6 Å². The second-order valence-corrected chi connectivity index (χ2v) is 5.91. The van der Waals surface area contributed by atoms with Gasteiger partial charge in [-0.2, -0.15) is 5.26 Å². The number of thiophene rings is 1. The van der Waals surface area contributed by atoms with Crippen LogP contribution in [0.1, 0.15) is 18.1 Å². The van der Waals surface area contributed by atoms with Crippen molar-refractivity contribution >= 4 is 44.0 Å². The Morgan fingerprint density at radius 3 is 2.93 bits per heavy atom. The lowest BCUT2D eigenvalue weighted by Gasteiger charge is -1.95. The Kier molecular flexibility index (Phi) is 2.75. The van der Waals surface area contributed by atoms with Crippen LogP contribution >= 0.6 is 33.9 Å². The van der Waals surface area contributed by atoms with E-state index in [1.54, 1.807) is 11.3 Å². The van der Waals surface area contributed by atoms with Gasteiger partial charge < -0.3 is 0 Å². The first-order valence-electron chi connectivity index (χ1n) is 4.37. The minimum absolute atomic E-state index is 0.827. The lowest BCUT2D eigenvalue weighted by atomic mass is 10.1. The van der Waals surface area contributed by atoms with Crippen LogP contribution in [0.5, 0.6) is 0 Å². The van der Waals surface area contributed by atoms with Gasteiger partial charge in [-0.25, -0.2) is 0 Å². The number of nitriles is 1. The Morgan fingerprint density at radius 1 is 1.50 bits per heavy atom. The third kappa shape index (κ3) is 1.53. The van der Waals surface area contributed by atoms with Gasteiger partial charge in [0, 0.05) is 10.1 Å². The minimum atomic E-state index is 0.827. The van der Waals surface area contributed by atoms with Crippen molar-refractivity contribution in [1.29, 1.82) is 5.26 Å². The summed E-state index contributed by atoms with van der Waals surface area (Å²) in [6.45, 7) is 2.14. The number of hydrogen-bond donors (Lipinski definition) is 0. The highest BCUT2D eigenvalue weighted by Gasteiger charge is 2.09. The predicted octanol–water partition coefficient (Wildman–Crippen LogP) is 3.94. The van der Waals surface area contributed by atoms with Crippen LogP contribution in [0, 0.1) is 14.2 Å². The Morgan fingerprint density at radius 2 is 2.29 bits per heavy atom. The average Bonchev–Trinajstić information content (AvgIpc) is 2.51. The maximum atomic E-state index is 8.98. The number of halogens is 1. The zero-order chi connectivity index (χ0) is 10.1. The van der Waals surface area contributed by atoms with Gasteiger partial charge in [-0.3, -0.25) is 0 Å². The van der Waals surface area contributed by atoms with E-state index in [9.17, 15) is 0 Å². The number of benzene rings is 1. The van der Waals surface area contributed by atoms with Crippen molar-refractivity contribution in [3.63, 3.8) is 0 Å². The van der Waals surface area contributed by atoms with Crippen molar-refractivity contribution in [2.45, 2.75) is 13.3 Å². The van der Waals surface area contributed by atoms with E-state index in [1.165, 1.54) is 10.3 Å². The Balaban J connectivity index is 2.76. The lowest BCUT2D eigenvalue weighted by molar-refractivity contribution is 1.15. The van der Waals surface area contributed by atoms with E-state index in [2.05, 4.69) is 53.8 Å². The zero-order valence-corrected chi connectivity index (χ0v) is 10.6. The Labute approximate surface area is 101 Å². The number of aryl methyl sites for hydroxylation is 1. The number of fused-ring (bicyclic) bond motifs is 1. The van der Waals surface area contributed by atoms with Gasteiger partial charge in [0.25, 0.3) is 0 Å². The van der Waals surface area contributed by atoms with Crippen molar-refractivity contribution < 1.29 is 0 Å². The molecule has 0 aliphatic rings. The standard InChI is InChI=1S/C11H8INS/c1-2-7-3-4-8-9(6-13)11(12)14-10(8)5-7/h3-5H,2H2,1H3. The maximum absolute atomic E-state index is 8.98. The average molecular weight is 313 g/mol. The number of hydrogen-bond acceptors (Lipinski definition) is 2. The molecule has 0 bridgehead atoms. The predicted molar refractivity (Wildman–Crippen MR) is 68.6 cm³/mol. The van der Waals surface area contributed by atoms with Gasteiger partial charge in [0.05, 0.1) is 8.45 Å². The molecule has 1 heterocycles. The summed E-state index contributed by atoms with van der Waals surface area (Å²) in [5.74, 6) is 0. The normalized spacial score (nSPS) is 10.4. The van der Waals surface area contributed by atoms with Crippen molar-refractivity contribution in [1.82, 2.24) is 0 Å². The first-order valence-corrected chi connectivity index (χ1v) is 6.26. The molecule has 0 fully saturated rings. The first-order chi connectivity index (χ1) is 6.76. The fraction of sp³-hybridized carbons (Fsp3) is 0.182. The highest BCUT2D eigenvalue weighted by atomic mass is 127. The summed E-state index contributed by atoms with van der Waals surface area (Å²) in [5, 5.41) is 10.1. The topological polar surface area (TPSA) is 23.8 Å². The zero-order valence-electron chi connectivity index (χ0n) is 7.67. The van der Waals surface area contributed by atoms with E-state index in [1.807, 2.05) is 0 Å². The van der Waals surface area contributed by atoms with Crippen LogP contribution in [0.2, 0.25) is 0 Å². The molecule has 0 atom stereocenters. The Hall–Kier alpha value is -0.600. The third-order valence-corrected chi connectivity index (χ3v) is 4.37. The highest BCUT2D eigenvalue weighted by molar-refractivity contribution is 14.1. The number of nitrogens with zero attached hydrogens (tertiary/aromatic N) is 1. The van der Waals surface area contributed by atoms with E-state index in [-0.39, 0.29) is 0 Å². The fourth-order valence-corrected chi connectivity index (χ4v) is 3.50. The molecule has 0 saturated heterocycles. The van der Waals surface area contributed by atoms with E-state index in [4.69, 9.17) is 5.26 Å². The molecule has 2 aromatic rings. The quantitative estimate of drug-likeness (QED) is 0.732. The molecule has 0 unspecified atom stereocenters. The molecule has 1 nitrogen and oxygen atoms in total. The van der Waals surface area contributed by atoms with Crippen molar-refractivity contribution in [3.8, 4) is 6.07 Å². The first kappa shape index (κ1) is 9.94. The summed E-state index contributed by atoms with van der Waals surface area (Å²) in [4.78, 5) is 0. The van der Waals surface area contributed by atoms with Gasteiger partial charge in [-0.1, -0.05) is 19.1 Å². The molecule has 0 N–H and O–H groups in total. The summed E-state index contributed by atoms with van der Waals surface area (Å²) in [7, 11) is 0. The highest BCUT2D eigenvalue weighted by Crippen LogP contribution is 2.32. The smallest absolute Gasteiger partial charge is 0.102 e. The molecule has 14 heavy (non-hydrogen) atoms.